The number of aromatic nitrogens is 2. The minimum atomic E-state index is -0.182. The van der Waals surface area contributed by atoms with Crippen molar-refractivity contribution in [3.8, 4) is 0 Å². The van der Waals surface area contributed by atoms with E-state index in [2.05, 4.69) is 15.3 Å². The Morgan fingerprint density at radius 1 is 1.36 bits per heavy atom. The van der Waals surface area contributed by atoms with Gasteiger partial charge in [-0.2, -0.15) is 0 Å². The molecule has 1 amide bonds. The first-order valence-corrected chi connectivity index (χ1v) is 8.66. The monoisotopic (exact) mass is 345 g/mol. The molecule has 0 radical (unpaired) electrons. The van der Waals surface area contributed by atoms with E-state index in [9.17, 15) is 9.59 Å². The number of carbonyl (C=O) groups excluding carboxylic acids is 1. The quantitative estimate of drug-likeness (QED) is 0.786. The number of rotatable bonds is 7. The molecular weight excluding hydrogens is 322 g/mol. The Balaban J connectivity index is 1.40. The third-order valence-electron chi connectivity index (χ3n) is 4.16. The maximum absolute atomic E-state index is 12.0. The minimum absolute atomic E-state index is 0.0154. The third kappa shape index (κ3) is 5.11. The number of carbonyl (C=O) groups is 1. The molecule has 2 heterocycles. The van der Waals surface area contributed by atoms with Crippen LogP contribution in [0.4, 0.5) is 0 Å². The van der Waals surface area contributed by atoms with Crippen LogP contribution in [0.3, 0.4) is 0 Å². The van der Waals surface area contributed by atoms with Crippen LogP contribution in [-0.2, 0) is 20.7 Å². The van der Waals surface area contributed by atoms with E-state index in [1.54, 1.807) is 18.2 Å². The number of hydrogen-bond acceptors (Lipinski definition) is 5. The molecule has 1 fully saturated rings. The van der Waals surface area contributed by atoms with Crippen LogP contribution in [0.15, 0.2) is 29.1 Å². The smallest absolute Gasteiger partial charge is 0.258 e. The molecule has 0 spiro atoms. The second-order valence-corrected chi connectivity index (χ2v) is 6.13. The number of nitrogens with zero attached hydrogens (tertiary/aromatic N) is 1. The zero-order valence-electron chi connectivity index (χ0n) is 14.1. The van der Waals surface area contributed by atoms with Crippen LogP contribution >= 0.6 is 0 Å². The molecule has 7 heteroatoms. The van der Waals surface area contributed by atoms with E-state index >= 15 is 0 Å². The molecule has 1 aromatic heterocycles. The SMILES string of the molecule is O=C(COC[C@@H]1CCCCO1)NCCc1nc2ccccc2c(=O)[nH]1. The second kappa shape index (κ2) is 8.73. The van der Waals surface area contributed by atoms with Crippen LogP contribution in [0, 0.1) is 0 Å². The first-order chi connectivity index (χ1) is 12.2. The molecule has 1 aliphatic heterocycles. The summed E-state index contributed by atoms with van der Waals surface area (Å²) in [6.07, 6.45) is 3.80. The fourth-order valence-electron chi connectivity index (χ4n) is 2.85. The normalized spacial score (nSPS) is 17.5. The average Bonchev–Trinajstić information content (AvgIpc) is 2.63. The van der Waals surface area contributed by atoms with E-state index in [1.807, 2.05) is 6.07 Å². The molecule has 25 heavy (non-hydrogen) atoms. The van der Waals surface area contributed by atoms with Crippen molar-refractivity contribution < 1.29 is 14.3 Å². The average molecular weight is 345 g/mol. The number of amides is 1. The lowest BCUT2D eigenvalue weighted by molar-refractivity contribution is -0.127. The number of benzene rings is 1. The van der Waals surface area contributed by atoms with Gasteiger partial charge in [0.25, 0.3) is 5.56 Å². The molecule has 1 saturated heterocycles. The fraction of sp³-hybridized carbons (Fsp3) is 0.500. The van der Waals surface area contributed by atoms with E-state index in [4.69, 9.17) is 9.47 Å². The van der Waals surface area contributed by atoms with Gasteiger partial charge in [-0.15, -0.1) is 0 Å². The number of hydrogen-bond donors (Lipinski definition) is 2. The molecule has 0 bridgehead atoms. The van der Waals surface area contributed by atoms with Crippen molar-refractivity contribution in [1.82, 2.24) is 15.3 Å². The first kappa shape index (κ1) is 17.6. The van der Waals surface area contributed by atoms with Crippen LogP contribution in [0.5, 0.6) is 0 Å². The predicted molar refractivity (Wildman–Crippen MR) is 93.5 cm³/mol. The lowest BCUT2D eigenvalue weighted by Crippen LogP contribution is -2.32. The van der Waals surface area contributed by atoms with Crippen molar-refractivity contribution in [2.24, 2.45) is 0 Å². The molecule has 1 aromatic carbocycles. The summed E-state index contributed by atoms with van der Waals surface area (Å²) in [5, 5.41) is 3.33. The number of para-hydroxylation sites is 1. The number of aromatic amines is 1. The molecule has 0 unspecified atom stereocenters. The number of H-pyrrole nitrogens is 1. The Hall–Kier alpha value is -2.25. The van der Waals surface area contributed by atoms with Gasteiger partial charge < -0.3 is 19.8 Å². The van der Waals surface area contributed by atoms with Gasteiger partial charge >= 0.3 is 0 Å². The van der Waals surface area contributed by atoms with Gasteiger partial charge in [0, 0.05) is 19.6 Å². The van der Waals surface area contributed by atoms with Gasteiger partial charge in [-0.1, -0.05) is 12.1 Å². The Labute approximate surface area is 145 Å². The van der Waals surface area contributed by atoms with Gasteiger partial charge in [0.2, 0.25) is 5.91 Å². The highest BCUT2D eigenvalue weighted by molar-refractivity contribution is 5.77. The Morgan fingerprint density at radius 3 is 3.08 bits per heavy atom. The summed E-state index contributed by atoms with van der Waals surface area (Å²) in [5.74, 6) is 0.375. The highest BCUT2D eigenvalue weighted by Crippen LogP contribution is 2.12. The Morgan fingerprint density at radius 2 is 2.24 bits per heavy atom. The first-order valence-electron chi connectivity index (χ1n) is 8.66. The molecule has 7 nitrogen and oxygen atoms in total. The summed E-state index contributed by atoms with van der Waals surface area (Å²) >= 11 is 0. The summed E-state index contributed by atoms with van der Waals surface area (Å²) in [6.45, 7) is 1.63. The highest BCUT2D eigenvalue weighted by atomic mass is 16.5. The molecule has 134 valence electrons. The number of nitrogens with one attached hydrogen (secondary N) is 2. The van der Waals surface area contributed by atoms with Crippen LogP contribution in [0.25, 0.3) is 10.9 Å². The van der Waals surface area contributed by atoms with Gasteiger partial charge in [0.1, 0.15) is 12.4 Å². The molecule has 2 N–H and O–H groups in total. The van der Waals surface area contributed by atoms with Crippen LogP contribution in [0.1, 0.15) is 25.1 Å². The lowest BCUT2D eigenvalue weighted by atomic mass is 10.1. The van der Waals surface area contributed by atoms with Gasteiger partial charge in [-0.3, -0.25) is 9.59 Å². The Bertz CT molecular complexity index is 768. The summed E-state index contributed by atoms with van der Waals surface area (Å²) < 4.78 is 11.0. The zero-order valence-corrected chi connectivity index (χ0v) is 14.1. The van der Waals surface area contributed by atoms with E-state index in [0.717, 1.165) is 25.9 Å². The van der Waals surface area contributed by atoms with Crippen molar-refractivity contribution in [1.29, 1.82) is 0 Å². The topological polar surface area (TPSA) is 93.3 Å². The van der Waals surface area contributed by atoms with Gasteiger partial charge in [0.15, 0.2) is 0 Å². The molecule has 1 atom stereocenters. The maximum atomic E-state index is 12.0. The van der Waals surface area contributed by atoms with Crippen LogP contribution in [0.2, 0.25) is 0 Å². The molecule has 3 rings (SSSR count). The van der Waals surface area contributed by atoms with Gasteiger partial charge in [0.05, 0.1) is 23.6 Å². The van der Waals surface area contributed by atoms with Crippen molar-refractivity contribution in [3.05, 3.63) is 40.4 Å². The predicted octanol–water partition coefficient (Wildman–Crippen LogP) is 1.17. The summed E-state index contributed by atoms with van der Waals surface area (Å²) in [7, 11) is 0. The lowest BCUT2D eigenvalue weighted by Gasteiger charge is -2.22. The van der Waals surface area contributed by atoms with Crippen molar-refractivity contribution in [3.63, 3.8) is 0 Å². The van der Waals surface area contributed by atoms with E-state index in [1.165, 1.54) is 0 Å². The number of ether oxygens (including phenoxy) is 2. The van der Waals surface area contributed by atoms with Crippen LogP contribution in [-0.4, -0.2) is 48.3 Å². The van der Waals surface area contributed by atoms with Gasteiger partial charge in [-0.25, -0.2) is 4.98 Å². The molecule has 1 aliphatic rings. The van der Waals surface area contributed by atoms with Crippen LogP contribution < -0.4 is 10.9 Å². The Kier molecular flexibility index (Phi) is 6.14. The second-order valence-electron chi connectivity index (χ2n) is 6.13. The van der Waals surface area contributed by atoms with Crippen molar-refractivity contribution >= 4 is 16.8 Å². The minimum Gasteiger partial charge on any atom is -0.376 e. The van der Waals surface area contributed by atoms with E-state index in [0.29, 0.717) is 36.3 Å². The molecular formula is C18H23N3O4. The molecule has 0 saturated carbocycles. The molecule has 2 aromatic rings. The maximum Gasteiger partial charge on any atom is 0.258 e. The third-order valence-corrected chi connectivity index (χ3v) is 4.16. The summed E-state index contributed by atoms with van der Waals surface area (Å²) in [4.78, 5) is 30.9. The van der Waals surface area contributed by atoms with Gasteiger partial charge in [-0.05, 0) is 31.4 Å². The number of fused-ring (bicyclic) bond motifs is 1. The summed E-state index contributed by atoms with van der Waals surface area (Å²) in [5.41, 5.74) is 0.492. The highest BCUT2D eigenvalue weighted by Gasteiger charge is 2.14. The summed E-state index contributed by atoms with van der Waals surface area (Å²) in [6, 6.07) is 7.18. The largest absolute Gasteiger partial charge is 0.376 e. The standard InChI is InChI=1S/C18H23N3O4/c22-17(12-24-11-13-5-3-4-10-25-13)19-9-8-16-20-15-7-2-1-6-14(15)18(23)21-16/h1-2,6-7,13H,3-5,8-12H2,(H,19,22)(H,20,21,23)/t13-/m0/s1. The fourth-order valence-corrected chi connectivity index (χ4v) is 2.85. The zero-order chi connectivity index (χ0) is 17.5. The molecule has 0 aliphatic carbocycles. The van der Waals surface area contributed by atoms with Crippen molar-refractivity contribution in [2.75, 3.05) is 26.4 Å². The van der Waals surface area contributed by atoms with E-state index in [-0.39, 0.29) is 24.2 Å². The van der Waals surface area contributed by atoms with E-state index < -0.39 is 0 Å². The van der Waals surface area contributed by atoms with Crippen molar-refractivity contribution in [2.45, 2.75) is 31.8 Å².